The van der Waals surface area contributed by atoms with Crippen LogP contribution in [0.4, 0.5) is 0 Å². The normalized spacial score (nSPS) is 15.6. The van der Waals surface area contributed by atoms with E-state index in [2.05, 4.69) is 18.2 Å². The molecule has 0 bridgehead atoms. The summed E-state index contributed by atoms with van der Waals surface area (Å²) in [7, 11) is 1.76. The zero-order valence-corrected chi connectivity index (χ0v) is 11.8. The molecular weight excluding hydrogens is 223 g/mol. The lowest BCUT2D eigenvalue weighted by atomic mass is 9.82. The molecule has 1 N–H and O–H groups in total. The lowest BCUT2D eigenvalue weighted by Crippen LogP contribution is -2.49. The van der Waals surface area contributed by atoms with Crippen molar-refractivity contribution in [3.8, 4) is 0 Å². The minimum atomic E-state index is -0.875. The first-order valence-electron chi connectivity index (χ1n) is 6.65. The van der Waals surface area contributed by atoms with E-state index in [1.165, 1.54) is 30.4 Å². The van der Waals surface area contributed by atoms with E-state index >= 15 is 0 Å². The molecule has 18 heavy (non-hydrogen) atoms. The average Bonchev–Trinajstić information content (AvgIpc) is 2.71. The molecule has 2 rings (SSSR count). The minimum Gasteiger partial charge on any atom is -0.427 e. The Morgan fingerprint density at radius 1 is 1.11 bits per heavy atom. The van der Waals surface area contributed by atoms with Gasteiger partial charge in [-0.2, -0.15) is 0 Å². The van der Waals surface area contributed by atoms with Crippen molar-refractivity contribution in [2.75, 3.05) is 0 Å². The van der Waals surface area contributed by atoms with E-state index < -0.39 is 11.2 Å². The van der Waals surface area contributed by atoms with Crippen molar-refractivity contribution in [1.29, 1.82) is 0 Å². The summed E-state index contributed by atoms with van der Waals surface area (Å²) in [5.41, 5.74) is 2.50. The zero-order valence-electron chi connectivity index (χ0n) is 11.8. The second-order valence-corrected chi connectivity index (χ2v) is 6.19. The van der Waals surface area contributed by atoms with Gasteiger partial charge in [-0.25, -0.2) is 0 Å². The number of hydrogen-bond donors (Lipinski definition) is 1. The van der Waals surface area contributed by atoms with E-state index in [0.29, 0.717) is 0 Å². The molecule has 0 saturated carbocycles. The number of aliphatic hydroxyl groups is 1. The van der Waals surface area contributed by atoms with Crippen molar-refractivity contribution in [3.05, 3.63) is 29.3 Å². The van der Waals surface area contributed by atoms with Crippen LogP contribution < -0.4 is 5.46 Å². The molecular formula is C15H22BO2. The van der Waals surface area contributed by atoms with Crippen molar-refractivity contribution in [1.82, 2.24) is 0 Å². The van der Waals surface area contributed by atoms with Crippen LogP contribution >= 0.6 is 0 Å². The Morgan fingerprint density at radius 3 is 2.44 bits per heavy atom. The molecule has 0 saturated heterocycles. The zero-order chi connectivity index (χ0) is 13.4. The van der Waals surface area contributed by atoms with Crippen LogP contribution in [0.5, 0.6) is 0 Å². The fourth-order valence-electron chi connectivity index (χ4n) is 2.02. The molecule has 97 valence electrons. The van der Waals surface area contributed by atoms with Gasteiger partial charge in [0.05, 0.1) is 11.2 Å². The minimum absolute atomic E-state index is 0.605. The highest BCUT2D eigenvalue weighted by atomic mass is 16.5. The Bertz CT molecular complexity index is 433. The van der Waals surface area contributed by atoms with E-state index in [1.807, 2.05) is 13.8 Å². The monoisotopic (exact) mass is 245 g/mol. The molecule has 0 atom stereocenters. The van der Waals surface area contributed by atoms with Crippen LogP contribution in [0.15, 0.2) is 18.2 Å². The smallest absolute Gasteiger partial charge is 0.330 e. The Hall–Kier alpha value is -0.795. The van der Waals surface area contributed by atoms with Gasteiger partial charge in [0.1, 0.15) is 0 Å². The highest BCUT2D eigenvalue weighted by molar-refractivity contribution is 6.47. The fraction of sp³-hybridized carbons (Fsp3) is 0.600. The van der Waals surface area contributed by atoms with Gasteiger partial charge in [-0.15, -0.1) is 0 Å². The molecule has 1 aromatic carbocycles. The lowest BCUT2D eigenvalue weighted by Gasteiger charge is -2.37. The third-order valence-electron chi connectivity index (χ3n) is 4.09. The van der Waals surface area contributed by atoms with Crippen LogP contribution in [0, 0.1) is 0 Å². The van der Waals surface area contributed by atoms with Gasteiger partial charge in [-0.1, -0.05) is 23.7 Å². The number of fused-ring (bicyclic) bond motifs is 1. The van der Waals surface area contributed by atoms with Crippen LogP contribution in [0.3, 0.4) is 0 Å². The number of hydrogen-bond acceptors (Lipinski definition) is 2. The SMILES string of the molecule is CC(C)(O)C(C)(C)O[B]c1ccc2c(c1)CCC2. The molecule has 1 radical (unpaired) electrons. The number of rotatable bonds is 4. The average molecular weight is 245 g/mol. The molecule has 1 aliphatic rings. The summed E-state index contributed by atoms with van der Waals surface area (Å²) in [4.78, 5) is 0. The van der Waals surface area contributed by atoms with Gasteiger partial charge in [-0.3, -0.25) is 0 Å². The largest absolute Gasteiger partial charge is 0.427 e. The molecule has 0 spiro atoms. The quantitative estimate of drug-likeness (QED) is 0.822. The highest BCUT2D eigenvalue weighted by Crippen LogP contribution is 2.24. The van der Waals surface area contributed by atoms with Crippen molar-refractivity contribution in [3.63, 3.8) is 0 Å². The van der Waals surface area contributed by atoms with E-state index in [1.54, 1.807) is 21.3 Å². The molecule has 0 fully saturated rings. The summed E-state index contributed by atoms with van der Waals surface area (Å²) >= 11 is 0. The Morgan fingerprint density at radius 2 is 1.78 bits per heavy atom. The van der Waals surface area contributed by atoms with Crippen LogP contribution in [-0.4, -0.2) is 23.8 Å². The third-order valence-corrected chi connectivity index (χ3v) is 4.09. The molecule has 2 nitrogen and oxygen atoms in total. The number of benzene rings is 1. The first-order chi connectivity index (χ1) is 8.29. The van der Waals surface area contributed by atoms with Crippen LogP contribution in [0.25, 0.3) is 0 Å². The van der Waals surface area contributed by atoms with Crippen molar-refractivity contribution < 1.29 is 9.76 Å². The summed E-state index contributed by atoms with van der Waals surface area (Å²) in [6.07, 6.45) is 3.63. The third kappa shape index (κ3) is 2.78. The van der Waals surface area contributed by atoms with Gasteiger partial charge in [-0.05, 0) is 58.1 Å². The molecule has 0 aliphatic heterocycles. The molecule has 0 heterocycles. The summed E-state index contributed by atoms with van der Waals surface area (Å²) < 4.78 is 5.76. The van der Waals surface area contributed by atoms with E-state index in [-0.39, 0.29) is 0 Å². The summed E-state index contributed by atoms with van der Waals surface area (Å²) in [5.74, 6) is 0. The van der Waals surface area contributed by atoms with Crippen LogP contribution in [0.1, 0.15) is 45.2 Å². The van der Waals surface area contributed by atoms with Gasteiger partial charge in [0.2, 0.25) is 0 Å². The predicted octanol–water partition coefficient (Wildman–Crippen LogP) is 1.99. The molecule has 1 aliphatic carbocycles. The summed E-state index contributed by atoms with van der Waals surface area (Å²) in [5, 5.41) is 10.0. The van der Waals surface area contributed by atoms with E-state index in [4.69, 9.17) is 4.65 Å². The summed E-state index contributed by atoms with van der Waals surface area (Å²) in [6.45, 7) is 7.33. The standard InChI is InChI=1S/C15H22BO2/c1-14(2,17)15(3,4)18-16-13-9-8-11-6-5-7-12(11)10-13/h8-10,17H,5-7H2,1-4H3. The molecule has 0 amide bonds. The van der Waals surface area contributed by atoms with Crippen molar-refractivity contribution in [2.45, 2.75) is 58.2 Å². The molecule has 3 heteroatoms. The maximum absolute atomic E-state index is 10.0. The Balaban J connectivity index is 2.03. The van der Waals surface area contributed by atoms with E-state index in [9.17, 15) is 5.11 Å². The maximum atomic E-state index is 10.0. The molecule has 1 aromatic rings. The van der Waals surface area contributed by atoms with Gasteiger partial charge in [0.15, 0.2) is 0 Å². The number of aryl methyl sites for hydroxylation is 2. The maximum Gasteiger partial charge on any atom is 0.330 e. The van der Waals surface area contributed by atoms with Crippen LogP contribution in [-0.2, 0) is 17.5 Å². The second-order valence-electron chi connectivity index (χ2n) is 6.19. The molecule has 0 aromatic heterocycles. The van der Waals surface area contributed by atoms with Crippen LogP contribution in [0.2, 0.25) is 0 Å². The fourth-order valence-corrected chi connectivity index (χ4v) is 2.02. The van der Waals surface area contributed by atoms with Gasteiger partial charge >= 0.3 is 7.48 Å². The first kappa shape index (κ1) is 13.6. The first-order valence-corrected chi connectivity index (χ1v) is 6.65. The summed E-state index contributed by atoms with van der Waals surface area (Å²) in [6, 6.07) is 6.47. The topological polar surface area (TPSA) is 29.5 Å². The van der Waals surface area contributed by atoms with Gasteiger partial charge < -0.3 is 9.76 Å². The Labute approximate surface area is 111 Å². The predicted molar refractivity (Wildman–Crippen MR) is 75.3 cm³/mol. The lowest BCUT2D eigenvalue weighted by molar-refractivity contribution is -0.0893. The van der Waals surface area contributed by atoms with Crippen molar-refractivity contribution >= 4 is 12.9 Å². The van der Waals surface area contributed by atoms with Gasteiger partial charge in [0.25, 0.3) is 0 Å². The highest BCUT2D eigenvalue weighted by Gasteiger charge is 2.35. The van der Waals surface area contributed by atoms with Gasteiger partial charge in [0, 0.05) is 0 Å². The second kappa shape index (κ2) is 4.71. The Kier molecular flexibility index (Phi) is 3.57. The molecule has 0 unspecified atom stereocenters. The van der Waals surface area contributed by atoms with E-state index in [0.717, 1.165) is 5.46 Å². The van der Waals surface area contributed by atoms with Crippen molar-refractivity contribution in [2.24, 2.45) is 0 Å².